The van der Waals surface area contributed by atoms with Crippen LogP contribution in [0, 0.1) is 5.92 Å². The number of likely N-dealkylation sites (tertiary alicyclic amines) is 1. The van der Waals surface area contributed by atoms with Crippen molar-refractivity contribution < 1.29 is 0 Å². The lowest BCUT2D eigenvalue weighted by Gasteiger charge is -2.45. The minimum absolute atomic E-state index is 0.287. The molecular formula is C17H25ClN2. The molecule has 1 aliphatic carbocycles. The molecule has 0 bridgehead atoms. The maximum absolute atomic E-state index is 6.31. The highest BCUT2D eigenvalue weighted by Gasteiger charge is 2.34. The Morgan fingerprint density at radius 3 is 2.75 bits per heavy atom. The molecule has 1 aromatic rings. The minimum atomic E-state index is 0.287. The third-order valence-corrected chi connectivity index (χ3v) is 5.47. The highest BCUT2D eigenvalue weighted by atomic mass is 35.5. The second-order valence-electron chi connectivity index (χ2n) is 6.63. The Labute approximate surface area is 127 Å². The lowest BCUT2D eigenvalue weighted by Crippen LogP contribution is -2.52. The van der Waals surface area contributed by atoms with Crippen LogP contribution in [0.5, 0.6) is 0 Å². The first-order valence-electron chi connectivity index (χ1n) is 7.88. The van der Waals surface area contributed by atoms with Gasteiger partial charge in [-0.2, -0.15) is 0 Å². The van der Waals surface area contributed by atoms with Gasteiger partial charge in [-0.25, -0.2) is 0 Å². The summed E-state index contributed by atoms with van der Waals surface area (Å²) in [4.78, 5) is 2.61. The molecule has 0 aromatic heterocycles. The predicted molar refractivity (Wildman–Crippen MR) is 85.2 cm³/mol. The van der Waals surface area contributed by atoms with Crippen LogP contribution < -0.4 is 5.73 Å². The van der Waals surface area contributed by atoms with Crippen LogP contribution in [0.3, 0.4) is 0 Å². The van der Waals surface area contributed by atoms with Crippen LogP contribution in [-0.2, 0) is 0 Å². The van der Waals surface area contributed by atoms with Crippen molar-refractivity contribution in [2.45, 2.75) is 50.6 Å². The molecule has 2 N–H and O–H groups in total. The lowest BCUT2D eigenvalue weighted by atomic mass is 9.78. The summed E-state index contributed by atoms with van der Waals surface area (Å²) in [7, 11) is 0. The lowest BCUT2D eigenvalue weighted by molar-refractivity contribution is 0.0738. The molecule has 3 rings (SSSR count). The van der Waals surface area contributed by atoms with Gasteiger partial charge in [0.2, 0.25) is 0 Å². The van der Waals surface area contributed by atoms with Gasteiger partial charge >= 0.3 is 0 Å². The zero-order valence-electron chi connectivity index (χ0n) is 12.3. The van der Waals surface area contributed by atoms with E-state index in [-0.39, 0.29) is 6.04 Å². The average Bonchev–Trinajstić information content (AvgIpc) is 2.36. The number of nitrogens with zero attached hydrogens (tertiary/aromatic N) is 1. The molecule has 1 saturated carbocycles. The molecule has 3 atom stereocenters. The molecule has 1 saturated heterocycles. The summed E-state index contributed by atoms with van der Waals surface area (Å²) in [5.41, 5.74) is 7.66. The van der Waals surface area contributed by atoms with Gasteiger partial charge in [-0.1, -0.05) is 30.2 Å². The molecule has 0 amide bonds. The number of nitrogens with two attached hydrogens (primary N) is 1. The van der Waals surface area contributed by atoms with Crippen molar-refractivity contribution in [1.29, 1.82) is 0 Å². The Hall–Kier alpha value is -0.570. The molecule has 3 unspecified atom stereocenters. The second kappa shape index (κ2) is 6.05. The zero-order chi connectivity index (χ0) is 14.1. The van der Waals surface area contributed by atoms with Crippen molar-refractivity contribution in [3.63, 3.8) is 0 Å². The van der Waals surface area contributed by atoms with Gasteiger partial charge < -0.3 is 5.73 Å². The van der Waals surface area contributed by atoms with Crippen LogP contribution in [0.1, 0.15) is 44.1 Å². The van der Waals surface area contributed by atoms with Crippen LogP contribution in [0.25, 0.3) is 0 Å². The summed E-state index contributed by atoms with van der Waals surface area (Å²) >= 11 is 6.14. The monoisotopic (exact) mass is 292 g/mol. The molecule has 2 aliphatic rings. The Kier molecular flexibility index (Phi) is 4.34. The molecule has 110 valence electrons. The quantitative estimate of drug-likeness (QED) is 0.921. The van der Waals surface area contributed by atoms with Crippen LogP contribution >= 0.6 is 11.6 Å². The van der Waals surface area contributed by atoms with E-state index in [1.165, 1.54) is 24.8 Å². The molecule has 1 heterocycles. The van der Waals surface area contributed by atoms with E-state index in [9.17, 15) is 0 Å². The molecule has 1 aromatic carbocycles. The first kappa shape index (κ1) is 14.4. The number of rotatable bonds is 3. The van der Waals surface area contributed by atoms with Crippen LogP contribution in [0.2, 0.25) is 5.02 Å². The van der Waals surface area contributed by atoms with Gasteiger partial charge in [0.25, 0.3) is 0 Å². The Bertz CT molecular complexity index is 458. The van der Waals surface area contributed by atoms with Crippen molar-refractivity contribution in [1.82, 2.24) is 4.90 Å². The third kappa shape index (κ3) is 3.03. The molecule has 20 heavy (non-hydrogen) atoms. The van der Waals surface area contributed by atoms with Crippen LogP contribution in [0.15, 0.2) is 24.3 Å². The van der Waals surface area contributed by atoms with E-state index in [1.54, 1.807) is 0 Å². The Balaban J connectivity index is 1.72. The third-order valence-electron chi connectivity index (χ3n) is 5.24. The van der Waals surface area contributed by atoms with E-state index < -0.39 is 0 Å². The SMILES string of the molecule is CC(C1CCC1)N1CC(N)CC(c2cccc(Cl)c2)C1. The zero-order valence-corrected chi connectivity index (χ0v) is 13.0. The second-order valence-corrected chi connectivity index (χ2v) is 7.07. The number of benzene rings is 1. The highest BCUT2D eigenvalue weighted by Crippen LogP contribution is 2.35. The van der Waals surface area contributed by atoms with Crippen molar-refractivity contribution in [2.24, 2.45) is 11.7 Å². The fraction of sp³-hybridized carbons (Fsp3) is 0.647. The summed E-state index contributed by atoms with van der Waals surface area (Å²) in [5.74, 6) is 1.42. The normalized spacial score (nSPS) is 29.9. The number of piperidine rings is 1. The van der Waals surface area contributed by atoms with Gasteiger partial charge in [0.15, 0.2) is 0 Å². The van der Waals surface area contributed by atoms with E-state index in [0.29, 0.717) is 12.0 Å². The number of halogens is 1. The van der Waals surface area contributed by atoms with Gasteiger partial charge in [0, 0.05) is 30.2 Å². The highest BCUT2D eigenvalue weighted by molar-refractivity contribution is 6.30. The molecule has 0 spiro atoms. The number of hydrogen-bond donors (Lipinski definition) is 1. The van der Waals surface area contributed by atoms with Gasteiger partial charge in [-0.05, 0) is 55.7 Å². The summed E-state index contributed by atoms with van der Waals surface area (Å²) < 4.78 is 0. The van der Waals surface area contributed by atoms with Crippen molar-refractivity contribution in [2.75, 3.05) is 13.1 Å². The fourth-order valence-corrected chi connectivity index (χ4v) is 3.93. The summed E-state index contributed by atoms with van der Waals surface area (Å²) in [6.07, 6.45) is 5.28. The van der Waals surface area contributed by atoms with Gasteiger partial charge in [-0.3, -0.25) is 4.90 Å². The van der Waals surface area contributed by atoms with E-state index in [0.717, 1.165) is 30.5 Å². The van der Waals surface area contributed by atoms with E-state index in [4.69, 9.17) is 17.3 Å². The Morgan fingerprint density at radius 1 is 1.30 bits per heavy atom. The first-order chi connectivity index (χ1) is 9.63. The van der Waals surface area contributed by atoms with Crippen LogP contribution in [-0.4, -0.2) is 30.1 Å². The maximum atomic E-state index is 6.31. The molecule has 3 heteroatoms. The van der Waals surface area contributed by atoms with E-state index in [2.05, 4.69) is 30.0 Å². The van der Waals surface area contributed by atoms with E-state index in [1.807, 2.05) is 6.07 Å². The van der Waals surface area contributed by atoms with Gasteiger partial charge in [-0.15, -0.1) is 0 Å². The van der Waals surface area contributed by atoms with Crippen molar-refractivity contribution in [3.05, 3.63) is 34.9 Å². The summed E-state index contributed by atoms with van der Waals surface area (Å²) in [6, 6.07) is 9.27. The summed E-state index contributed by atoms with van der Waals surface area (Å²) in [5, 5.41) is 0.834. The summed E-state index contributed by atoms with van der Waals surface area (Å²) in [6.45, 7) is 4.57. The molecule has 2 nitrogen and oxygen atoms in total. The Morgan fingerprint density at radius 2 is 2.10 bits per heavy atom. The largest absolute Gasteiger partial charge is 0.327 e. The minimum Gasteiger partial charge on any atom is -0.327 e. The molecular weight excluding hydrogens is 268 g/mol. The van der Waals surface area contributed by atoms with E-state index >= 15 is 0 Å². The van der Waals surface area contributed by atoms with Gasteiger partial charge in [0.1, 0.15) is 0 Å². The predicted octanol–water partition coefficient (Wildman–Crippen LogP) is 3.65. The van der Waals surface area contributed by atoms with Crippen LogP contribution in [0.4, 0.5) is 0 Å². The first-order valence-corrected chi connectivity index (χ1v) is 8.26. The molecule has 1 aliphatic heterocycles. The number of hydrogen-bond acceptors (Lipinski definition) is 2. The smallest absolute Gasteiger partial charge is 0.0408 e. The standard InChI is InChI=1S/C17H25ClN2/c1-12(13-4-2-5-13)20-10-15(9-17(19)11-20)14-6-3-7-16(18)8-14/h3,6-8,12-13,15,17H,2,4-5,9-11,19H2,1H3. The van der Waals surface area contributed by atoms with Crippen molar-refractivity contribution >= 4 is 11.6 Å². The average molecular weight is 293 g/mol. The maximum Gasteiger partial charge on any atom is 0.0408 e. The molecule has 2 fully saturated rings. The molecule has 0 radical (unpaired) electrons. The topological polar surface area (TPSA) is 29.3 Å². The van der Waals surface area contributed by atoms with Crippen molar-refractivity contribution in [3.8, 4) is 0 Å². The van der Waals surface area contributed by atoms with Gasteiger partial charge in [0.05, 0.1) is 0 Å². The fourth-order valence-electron chi connectivity index (χ4n) is 3.73.